The summed E-state index contributed by atoms with van der Waals surface area (Å²) >= 11 is 6.37. The molecule has 8 heteroatoms. The van der Waals surface area contributed by atoms with Crippen LogP contribution >= 0.6 is 31.9 Å². The van der Waals surface area contributed by atoms with Crippen LogP contribution in [0.2, 0.25) is 0 Å². The van der Waals surface area contributed by atoms with Crippen molar-refractivity contribution in [2.45, 2.75) is 32.1 Å². The van der Waals surface area contributed by atoms with Crippen LogP contribution in [0.1, 0.15) is 32.1 Å². The topological polar surface area (TPSA) is 66.5 Å². The minimum absolute atomic E-state index is 0.0340. The third-order valence-electron chi connectivity index (χ3n) is 4.77. The second-order valence-corrected chi connectivity index (χ2v) is 8.14. The molecule has 2 fully saturated rings. The van der Waals surface area contributed by atoms with Crippen molar-refractivity contribution in [2.24, 2.45) is 11.8 Å². The van der Waals surface area contributed by atoms with Gasteiger partial charge in [0.2, 0.25) is 17.7 Å². The number of imide groups is 1. The molecule has 1 saturated heterocycles. The molecule has 2 aliphatic rings. The number of benzene rings is 1. The van der Waals surface area contributed by atoms with Crippen LogP contribution < -0.4 is 5.32 Å². The van der Waals surface area contributed by atoms with Gasteiger partial charge in [0.1, 0.15) is 5.82 Å². The van der Waals surface area contributed by atoms with E-state index in [1.54, 1.807) is 6.07 Å². The van der Waals surface area contributed by atoms with Gasteiger partial charge >= 0.3 is 0 Å². The summed E-state index contributed by atoms with van der Waals surface area (Å²) in [6, 6.07) is 2.87. The fourth-order valence-electron chi connectivity index (χ4n) is 3.53. The number of rotatable bonds is 4. The van der Waals surface area contributed by atoms with Gasteiger partial charge in [-0.05, 0) is 40.9 Å². The second-order valence-electron chi connectivity index (χ2n) is 6.37. The number of carbonyl (C=O) groups excluding carboxylic acids is 3. The molecule has 1 aliphatic carbocycles. The molecule has 1 aliphatic heterocycles. The van der Waals surface area contributed by atoms with Crippen LogP contribution in [0.3, 0.4) is 0 Å². The predicted octanol–water partition coefficient (Wildman–Crippen LogP) is 3.85. The standard InChI is InChI=1S/C17H17Br2FN2O3/c18-9-7-12(19)15(13(20)8-9)21-14(23)5-6-22-16(24)10-3-1-2-4-11(10)17(22)25/h7-8,10-11H,1-6H2,(H,21,23)/t10-,11-/m1/s1. The average molecular weight is 476 g/mol. The number of amides is 3. The monoisotopic (exact) mass is 474 g/mol. The number of likely N-dealkylation sites (tertiary alicyclic amines) is 1. The van der Waals surface area contributed by atoms with Gasteiger partial charge in [-0.25, -0.2) is 4.39 Å². The molecule has 5 nitrogen and oxygen atoms in total. The highest BCUT2D eigenvalue weighted by molar-refractivity contribution is 9.11. The SMILES string of the molecule is O=C(CCN1C(=O)[C@@H]2CCCC[C@H]2C1=O)Nc1c(F)cc(Br)cc1Br. The van der Waals surface area contributed by atoms with Crippen LogP contribution in [-0.4, -0.2) is 29.2 Å². The number of carbonyl (C=O) groups is 3. The molecule has 3 amide bonds. The molecular formula is C17H17Br2FN2O3. The van der Waals surface area contributed by atoms with Crippen LogP contribution in [0.25, 0.3) is 0 Å². The Hall–Kier alpha value is -1.28. The van der Waals surface area contributed by atoms with E-state index in [1.165, 1.54) is 11.0 Å². The molecular weight excluding hydrogens is 459 g/mol. The largest absolute Gasteiger partial charge is 0.323 e. The summed E-state index contributed by atoms with van der Waals surface area (Å²) in [5.41, 5.74) is 0.0425. The molecule has 1 saturated carbocycles. The summed E-state index contributed by atoms with van der Waals surface area (Å²) < 4.78 is 14.9. The van der Waals surface area contributed by atoms with E-state index < -0.39 is 11.7 Å². The van der Waals surface area contributed by atoms with E-state index in [4.69, 9.17) is 0 Å². The van der Waals surface area contributed by atoms with E-state index >= 15 is 0 Å². The Kier molecular flexibility index (Phi) is 5.58. The average Bonchev–Trinajstić information content (AvgIpc) is 2.81. The third-order valence-corrected chi connectivity index (χ3v) is 5.85. The summed E-state index contributed by atoms with van der Waals surface area (Å²) in [6.07, 6.45) is 3.36. The molecule has 0 aromatic heterocycles. The van der Waals surface area contributed by atoms with Gasteiger partial charge in [0.05, 0.1) is 17.5 Å². The lowest BCUT2D eigenvalue weighted by Crippen LogP contribution is -2.34. The van der Waals surface area contributed by atoms with Crippen molar-refractivity contribution in [2.75, 3.05) is 11.9 Å². The fourth-order valence-corrected chi connectivity index (χ4v) is 4.80. The van der Waals surface area contributed by atoms with Crippen molar-refractivity contribution in [1.82, 2.24) is 4.90 Å². The van der Waals surface area contributed by atoms with Crippen LogP contribution in [0.4, 0.5) is 10.1 Å². The van der Waals surface area contributed by atoms with E-state index in [2.05, 4.69) is 37.2 Å². The normalized spacial score (nSPS) is 22.9. The van der Waals surface area contributed by atoms with E-state index in [-0.39, 0.29) is 42.3 Å². The highest BCUT2D eigenvalue weighted by atomic mass is 79.9. The van der Waals surface area contributed by atoms with E-state index in [1.807, 2.05) is 0 Å². The van der Waals surface area contributed by atoms with Crippen molar-refractivity contribution in [1.29, 1.82) is 0 Å². The molecule has 25 heavy (non-hydrogen) atoms. The first kappa shape index (κ1) is 18.5. The smallest absolute Gasteiger partial charge is 0.233 e. The van der Waals surface area contributed by atoms with E-state index in [0.29, 0.717) is 8.95 Å². The maximum Gasteiger partial charge on any atom is 0.233 e. The number of hydrogen-bond donors (Lipinski definition) is 1. The summed E-state index contributed by atoms with van der Waals surface area (Å²) in [7, 11) is 0. The summed E-state index contributed by atoms with van der Waals surface area (Å²) in [5, 5.41) is 2.49. The van der Waals surface area contributed by atoms with Gasteiger partial charge in [-0.15, -0.1) is 0 Å². The Morgan fingerprint density at radius 2 is 1.76 bits per heavy atom. The van der Waals surface area contributed by atoms with Crippen molar-refractivity contribution in [3.05, 3.63) is 26.9 Å². The molecule has 0 unspecified atom stereocenters. The van der Waals surface area contributed by atoms with Gasteiger partial charge in [-0.3, -0.25) is 19.3 Å². The Morgan fingerprint density at radius 3 is 2.32 bits per heavy atom. The minimum Gasteiger partial charge on any atom is -0.323 e. The molecule has 1 aromatic carbocycles. The number of halogens is 3. The van der Waals surface area contributed by atoms with Crippen LogP contribution in [0.15, 0.2) is 21.1 Å². The van der Waals surface area contributed by atoms with Gasteiger partial charge in [-0.2, -0.15) is 0 Å². The minimum atomic E-state index is -0.575. The molecule has 0 radical (unpaired) electrons. The molecule has 0 bridgehead atoms. The Balaban J connectivity index is 1.61. The molecule has 3 rings (SSSR count). The van der Waals surface area contributed by atoms with Crippen LogP contribution in [0, 0.1) is 17.7 Å². The zero-order valence-electron chi connectivity index (χ0n) is 13.4. The quantitative estimate of drug-likeness (QED) is 0.672. The molecule has 1 heterocycles. The molecule has 1 N–H and O–H groups in total. The lowest BCUT2D eigenvalue weighted by Gasteiger charge is -2.19. The van der Waals surface area contributed by atoms with E-state index in [0.717, 1.165) is 25.7 Å². The Morgan fingerprint density at radius 1 is 1.16 bits per heavy atom. The third kappa shape index (κ3) is 3.79. The fraction of sp³-hybridized carbons (Fsp3) is 0.471. The van der Waals surface area contributed by atoms with Crippen molar-refractivity contribution < 1.29 is 18.8 Å². The van der Waals surface area contributed by atoms with Crippen molar-refractivity contribution in [3.63, 3.8) is 0 Å². The maximum absolute atomic E-state index is 13.9. The first-order valence-electron chi connectivity index (χ1n) is 8.18. The number of nitrogens with one attached hydrogen (secondary N) is 1. The van der Waals surface area contributed by atoms with Crippen LogP contribution in [-0.2, 0) is 14.4 Å². The zero-order chi connectivity index (χ0) is 18.1. The van der Waals surface area contributed by atoms with Gasteiger partial charge in [0.25, 0.3) is 0 Å². The first-order valence-corrected chi connectivity index (χ1v) is 9.76. The number of nitrogens with zero attached hydrogens (tertiary/aromatic N) is 1. The number of anilines is 1. The summed E-state index contributed by atoms with van der Waals surface area (Å²) in [4.78, 5) is 38.1. The lowest BCUT2D eigenvalue weighted by atomic mass is 9.81. The molecule has 0 spiro atoms. The lowest BCUT2D eigenvalue weighted by molar-refractivity contribution is -0.140. The van der Waals surface area contributed by atoms with Gasteiger partial charge < -0.3 is 5.32 Å². The van der Waals surface area contributed by atoms with Crippen LogP contribution in [0.5, 0.6) is 0 Å². The first-order chi connectivity index (χ1) is 11.9. The number of fused-ring (bicyclic) bond motifs is 1. The number of hydrogen-bond acceptors (Lipinski definition) is 3. The van der Waals surface area contributed by atoms with Crippen molar-refractivity contribution >= 4 is 55.3 Å². The van der Waals surface area contributed by atoms with E-state index in [9.17, 15) is 18.8 Å². The Bertz CT molecular complexity index is 694. The highest BCUT2D eigenvalue weighted by Gasteiger charge is 2.47. The van der Waals surface area contributed by atoms with Gasteiger partial charge in [0, 0.05) is 21.9 Å². The summed E-state index contributed by atoms with van der Waals surface area (Å²) in [5.74, 6) is -1.80. The summed E-state index contributed by atoms with van der Waals surface area (Å²) in [6.45, 7) is 0.0340. The molecule has 134 valence electrons. The molecule has 2 atom stereocenters. The zero-order valence-corrected chi connectivity index (χ0v) is 16.5. The Labute approximate surface area is 161 Å². The maximum atomic E-state index is 13.9. The second kappa shape index (κ2) is 7.53. The predicted molar refractivity (Wildman–Crippen MR) is 97.2 cm³/mol. The van der Waals surface area contributed by atoms with Gasteiger partial charge in [-0.1, -0.05) is 28.8 Å². The van der Waals surface area contributed by atoms with Gasteiger partial charge in [0.15, 0.2) is 0 Å². The van der Waals surface area contributed by atoms with Crippen molar-refractivity contribution in [3.8, 4) is 0 Å². The highest BCUT2D eigenvalue weighted by Crippen LogP contribution is 2.38. The molecule has 1 aromatic rings.